The van der Waals surface area contributed by atoms with Crippen LogP contribution in [0, 0.1) is 11.6 Å². The molecule has 0 aliphatic heterocycles. The minimum atomic E-state index is -1.45. The number of carboxylic acids is 1. The Balaban J connectivity index is 2.53. The molecule has 8 heteroatoms. The summed E-state index contributed by atoms with van der Waals surface area (Å²) < 4.78 is 41.6. The highest BCUT2D eigenvalue weighted by Crippen LogP contribution is 2.23. The van der Waals surface area contributed by atoms with E-state index in [9.17, 15) is 18.7 Å². The van der Waals surface area contributed by atoms with E-state index in [1.807, 2.05) is 0 Å². The van der Waals surface area contributed by atoms with Crippen molar-refractivity contribution in [2.75, 3.05) is 33.5 Å². The summed E-state index contributed by atoms with van der Waals surface area (Å²) in [6.07, 6.45) is -1.08. The number of ether oxygens (including phenoxy) is 3. The molecule has 1 aromatic carbocycles. The quantitative estimate of drug-likeness (QED) is 0.664. The molecule has 118 valence electrons. The van der Waals surface area contributed by atoms with E-state index in [2.05, 4.69) is 0 Å². The number of aromatic carboxylic acids is 1. The number of aliphatic hydroxyl groups excluding tert-OH is 1. The fraction of sp³-hybridized carbons (Fsp3) is 0.462. The van der Waals surface area contributed by atoms with Crippen molar-refractivity contribution in [2.45, 2.75) is 6.10 Å². The topological polar surface area (TPSA) is 85.2 Å². The van der Waals surface area contributed by atoms with Crippen LogP contribution in [0.5, 0.6) is 5.75 Å². The highest BCUT2D eigenvalue weighted by molar-refractivity contribution is 5.87. The molecule has 1 unspecified atom stereocenters. The molecule has 0 spiro atoms. The third-order valence-electron chi connectivity index (χ3n) is 2.41. The van der Waals surface area contributed by atoms with Crippen LogP contribution >= 0.6 is 0 Å². The summed E-state index contributed by atoms with van der Waals surface area (Å²) in [4.78, 5) is 10.6. The first-order chi connectivity index (χ1) is 9.95. The van der Waals surface area contributed by atoms with Gasteiger partial charge in [0, 0.05) is 7.11 Å². The van der Waals surface area contributed by atoms with Gasteiger partial charge in [-0.3, -0.25) is 0 Å². The van der Waals surface area contributed by atoms with Crippen molar-refractivity contribution >= 4 is 5.97 Å². The number of hydrogen-bond donors (Lipinski definition) is 2. The minimum Gasteiger partial charge on any atom is -0.485 e. The lowest BCUT2D eigenvalue weighted by Gasteiger charge is -2.14. The molecule has 1 atom stereocenters. The summed E-state index contributed by atoms with van der Waals surface area (Å²) in [7, 11) is 1.50. The molecule has 0 saturated carbocycles. The van der Waals surface area contributed by atoms with E-state index >= 15 is 0 Å². The standard InChI is InChI=1S/C13H16F2O6/c1-19-2-3-20-6-9(16)7-21-12-10(14)4-8(13(17)18)5-11(12)15/h4-5,9,16H,2-3,6-7H2,1H3,(H,17,18). The molecule has 2 N–H and O–H groups in total. The maximum atomic E-state index is 13.5. The number of methoxy groups -OCH3 is 1. The Kier molecular flexibility index (Phi) is 7.00. The lowest BCUT2D eigenvalue weighted by atomic mass is 10.2. The van der Waals surface area contributed by atoms with Crippen LogP contribution in [0.3, 0.4) is 0 Å². The van der Waals surface area contributed by atoms with Crippen molar-refractivity contribution in [3.8, 4) is 5.75 Å². The Morgan fingerprint density at radius 2 is 1.86 bits per heavy atom. The van der Waals surface area contributed by atoms with E-state index in [1.54, 1.807) is 0 Å². The molecule has 1 aromatic rings. The molecule has 6 nitrogen and oxygen atoms in total. The lowest BCUT2D eigenvalue weighted by Crippen LogP contribution is -2.25. The van der Waals surface area contributed by atoms with Gasteiger partial charge in [-0.2, -0.15) is 0 Å². The SMILES string of the molecule is COCCOCC(O)COc1c(F)cc(C(=O)O)cc1F. The smallest absolute Gasteiger partial charge is 0.335 e. The Bertz CT molecular complexity index is 457. The summed E-state index contributed by atoms with van der Waals surface area (Å²) in [5, 5.41) is 18.1. The van der Waals surface area contributed by atoms with Crippen LogP contribution in [-0.4, -0.2) is 55.8 Å². The Hall–Kier alpha value is -1.77. The zero-order chi connectivity index (χ0) is 15.8. The summed E-state index contributed by atoms with van der Waals surface area (Å²) in [5.41, 5.74) is -0.527. The average molecular weight is 306 g/mol. The Morgan fingerprint density at radius 1 is 1.24 bits per heavy atom. The van der Waals surface area contributed by atoms with Gasteiger partial charge in [0.2, 0.25) is 0 Å². The molecule has 0 aromatic heterocycles. The van der Waals surface area contributed by atoms with Crippen molar-refractivity contribution in [2.24, 2.45) is 0 Å². The van der Waals surface area contributed by atoms with Crippen molar-refractivity contribution in [1.82, 2.24) is 0 Å². The predicted molar refractivity (Wildman–Crippen MR) is 67.5 cm³/mol. The number of hydrogen-bond acceptors (Lipinski definition) is 5. The predicted octanol–water partition coefficient (Wildman–Crippen LogP) is 1.07. The van der Waals surface area contributed by atoms with Gasteiger partial charge in [0.05, 0.1) is 25.4 Å². The summed E-state index contributed by atoms with van der Waals surface area (Å²) in [6.45, 7) is 0.143. The number of rotatable bonds is 9. The van der Waals surface area contributed by atoms with Gasteiger partial charge in [-0.15, -0.1) is 0 Å². The van der Waals surface area contributed by atoms with Crippen molar-refractivity contribution in [3.63, 3.8) is 0 Å². The zero-order valence-electron chi connectivity index (χ0n) is 11.3. The molecule has 0 amide bonds. The molecule has 0 heterocycles. The second kappa shape index (κ2) is 8.50. The fourth-order valence-electron chi connectivity index (χ4n) is 1.41. The third kappa shape index (κ3) is 5.62. The van der Waals surface area contributed by atoms with Gasteiger partial charge in [-0.25, -0.2) is 13.6 Å². The first kappa shape index (κ1) is 17.3. The molecule has 0 saturated heterocycles. The molecule has 1 rings (SSSR count). The molecule has 0 fully saturated rings. The first-order valence-electron chi connectivity index (χ1n) is 6.05. The van der Waals surface area contributed by atoms with Gasteiger partial charge in [-0.1, -0.05) is 0 Å². The van der Waals surface area contributed by atoms with E-state index in [0.29, 0.717) is 18.7 Å². The van der Waals surface area contributed by atoms with E-state index in [1.165, 1.54) is 7.11 Å². The lowest BCUT2D eigenvalue weighted by molar-refractivity contribution is -0.00524. The van der Waals surface area contributed by atoms with Crippen molar-refractivity contribution < 1.29 is 38.0 Å². The van der Waals surface area contributed by atoms with Crippen molar-refractivity contribution in [1.29, 1.82) is 0 Å². The van der Waals surface area contributed by atoms with Gasteiger partial charge >= 0.3 is 5.97 Å². The van der Waals surface area contributed by atoms with Crippen LogP contribution in [0.15, 0.2) is 12.1 Å². The highest BCUT2D eigenvalue weighted by Gasteiger charge is 2.17. The van der Waals surface area contributed by atoms with Crippen LogP contribution in [0.2, 0.25) is 0 Å². The number of carbonyl (C=O) groups is 1. The van der Waals surface area contributed by atoms with Gasteiger partial charge in [0.15, 0.2) is 17.4 Å². The summed E-state index contributed by atoms with van der Waals surface area (Å²) in [6, 6.07) is 1.28. The zero-order valence-corrected chi connectivity index (χ0v) is 11.3. The molecular weight excluding hydrogens is 290 g/mol. The van der Waals surface area contributed by atoms with Crippen LogP contribution in [0.4, 0.5) is 8.78 Å². The molecule has 0 radical (unpaired) electrons. The first-order valence-corrected chi connectivity index (χ1v) is 6.05. The maximum Gasteiger partial charge on any atom is 0.335 e. The molecule has 0 aliphatic rings. The molecular formula is C13H16F2O6. The fourth-order valence-corrected chi connectivity index (χ4v) is 1.41. The third-order valence-corrected chi connectivity index (χ3v) is 2.41. The number of halogens is 2. The van der Waals surface area contributed by atoms with Gasteiger partial charge < -0.3 is 24.4 Å². The van der Waals surface area contributed by atoms with E-state index < -0.39 is 41.6 Å². The van der Waals surface area contributed by atoms with E-state index in [0.717, 1.165) is 0 Å². The summed E-state index contributed by atoms with van der Waals surface area (Å²) in [5.74, 6) is -4.50. The van der Waals surface area contributed by atoms with E-state index in [4.69, 9.17) is 19.3 Å². The number of aliphatic hydroxyl groups is 1. The van der Waals surface area contributed by atoms with Gasteiger partial charge in [-0.05, 0) is 12.1 Å². The monoisotopic (exact) mass is 306 g/mol. The Morgan fingerprint density at radius 3 is 2.38 bits per heavy atom. The van der Waals surface area contributed by atoms with Crippen LogP contribution in [-0.2, 0) is 9.47 Å². The van der Waals surface area contributed by atoms with E-state index in [-0.39, 0.29) is 13.2 Å². The molecule has 21 heavy (non-hydrogen) atoms. The second-order valence-electron chi connectivity index (χ2n) is 4.11. The van der Waals surface area contributed by atoms with Crippen LogP contribution in [0.25, 0.3) is 0 Å². The van der Waals surface area contributed by atoms with Crippen molar-refractivity contribution in [3.05, 3.63) is 29.3 Å². The highest BCUT2D eigenvalue weighted by atomic mass is 19.1. The minimum absolute atomic E-state index is 0.0835. The van der Waals surface area contributed by atoms with Gasteiger partial charge in [0.1, 0.15) is 12.7 Å². The van der Waals surface area contributed by atoms with Gasteiger partial charge in [0.25, 0.3) is 0 Å². The Labute approximate surface area is 119 Å². The molecule has 0 bridgehead atoms. The number of carboxylic acid groups (broad SMARTS) is 1. The normalized spacial score (nSPS) is 12.2. The maximum absolute atomic E-state index is 13.5. The summed E-state index contributed by atoms with van der Waals surface area (Å²) >= 11 is 0. The largest absolute Gasteiger partial charge is 0.485 e. The van der Waals surface area contributed by atoms with Crippen LogP contribution < -0.4 is 4.74 Å². The molecule has 0 aliphatic carbocycles. The average Bonchev–Trinajstić information content (AvgIpc) is 2.42. The number of benzene rings is 1. The second-order valence-corrected chi connectivity index (χ2v) is 4.11. The van der Waals surface area contributed by atoms with Crippen LogP contribution in [0.1, 0.15) is 10.4 Å².